The van der Waals surface area contributed by atoms with Crippen LogP contribution >= 0.6 is 23.8 Å². The van der Waals surface area contributed by atoms with Gasteiger partial charge in [0.1, 0.15) is 0 Å². The van der Waals surface area contributed by atoms with Crippen molar-refractivity contribution in [3.05, 3.63) is 29.3 Å². The Balaban J connectivity index is 1.98. The molecule has 1 aromatic carbocycles. The van der Waals surface area contributed by atoms with Crippen LogP contribution in [0.2, 0.25) is 5.02 Å². The van der Waals surface area contributed by atoms with Crippen LogP contribution in [0.4, 0.5) is 5.69 Å². The molecule has 0 fully saturated rings. The molecule has 0 aromatic heterocycles. The Hall–Kier alpha value is -1.13. The van der Waals surface area contributed by atoms with E-state index >= 15 is 0 Å². The number of carbonyl (C=O) groups excluding carboxylic acids is 1. The fourth-order valence-corrected chi connectivity index (χ4v) is 3.26. The van der Waals surface area contributed by atoms with Crippen LogP contribution in [0.5, 0.6) is 0 Å². The van der Waals surface area contributed by atoms with Gasteiger partial charge in [0, 0.05) is 6.42 Å². The second-order valence-electron chi connectivity index (χ2n) is 6.77. The molecule has 0 heterocycles. The zero-order valence-corrected chi connectivity index (χ0v) is 17.6. The number of hydrogen-bond acceptors (Lipinski definition) is 2. The number of carbonyl (C=O) groups is 1. The predicted octanol–water partition coefficient (Wildman–Crippen LogP) is 6.85. The highest BCUT2D eigenvalue weighted by atomic mass is 35.5. The number of para-hydroxylation sites is 1. The number of rotatable bonds is 13. The van der Waals surface area contributed by atoms with Gasteiger partial charge < -0.3 is 10.6 Å². The number of unbranched alkanes of at least 4 members (excludes halogenated alkanes) is 10. The van der Waals surface area contributed by atoms with E-state index in [1.807, 2.05) is 18.2 Å². The van der Waals surface area contributed by atoms with Crippen molar-refractivity contribution in [2.45, 2.75) is 84.0 Å². The predicted molar refractivity (Wildman–Crippen MR) is 117 cm³/mol. The first-order valence-electron chi connectivity index (χ1n) is 9.99. The minimum Gasteiger partial charge on any atom is -0.331 e. The molecular weight excluding hydrogens is 364 g/mol. The van der Waals surface area contributed by atoms with E-state index in [-0.39, 0.29) is 5.91 Å². The maximum absolute atomic E-state index is 11.9. The van der Waals surface area contributed by atoms with E-state index < -0.39 is 0 Å². The monoisotopic (exact) mass is 396 g/mol. The average Bonchev–Trinajstić information content (AvgIpc) is 2.61. The first-order chi connectivity index (χ1) is 12.6. The fraction of sp³-hybridized carbons (Fsp3) is 0.619. The second-order valence-corrected chi connectivity index (χ2v) is 7.58. The SMILES string of the molecule is CCCCCCCCCCCCCC(=O)NC(=S)Nc1ccccc1Cl. The number of benzene rings is 1. The zero-order chi connectivity index (χ0) is 19.0. The van der Waals surface area contributed by atoms with Crippen LogP contribution in [0.1, 0.15) is 84.0 Å². The van der Waals surface area contributed by atoms with Crippen LogP contribution in [-0.4, -0.2) is 11.0 Å². The second kappa shape index (κ2) is 15.0. The van der Waals surface area contributed by atoms with Crippen molar-refractivity contribution in [2.24, 2.45) is 0 Å². The summed E-state index contributed by atoms with van der Waals surface area (Å²) in [6, 6.07) is 7.32. The molecule has 3 nitrogen and oxygen atoms in total. The Bertz CT molecular complexity index is 536. The highest BCUT2D eigenvalue weighted by Crippen LogP contribution is 2.20. The van der Waals surface area contributed by atoms with Crippen LogP contribution in [-0.2, 0) is 4.79 Å². The summed E-state index contributed by atoms with van der Waals surface area (Å²) in [6.07, 6.45) is 14.5. The van der Waals surface area contributed by atoms with Gasteiger partial charge in [-0.15, -0.1) is 0 Å². The van der Waals surface area contributed by atoms with Crippen molar-refractivity contribution in [3.63, 3.8) is 0 Å². The maximum Gasteiger partial charge on any atom is 0.226 e. The topological polar surface area (TPSA) is 41.1 Å². The van der Waals surface area contributed by atoms with E-state index in [0.717, 1.165) is 12.8 Å². The zero-order valence-electron chi connectivity index (χ0n) is 16.0. The summed E-state index contributed by atoms with van der Waals surface area (Å²) in [5.74, 6) is -0.0366. The molecule has 1 rings (SSSR count). The number of nitrogens with one attached hydrogen (secondary N) is 2. The summed E-state index contributed by atoms with van der Waals surface area (Å²) in [7, 11) is 0. The van der Waals surface area contributed by atoms with E-state index in [4.69, 9.17) is 23.8 Å². The van der Waals surface area contributed by atoms with Crippen molar-refractivity contribution >= 4 is 40.5 Å². The Morgan fingerprint density at radius 1 is 0.923 bits per heavy atom. The molecule has 0 bridgehead atoms. The summed E-state index contributed by atoms with van der Waals surface area (Å²) in [4.78, 5) is 11.9. The van der Waals surface area contributed by atoms with E-state index in [1.54, 1.807) is 6.07 Å². The van der Waals surface area contributed by atoms with Crippen LogP contribution in [0.25, 0.3) is 0 Å². The molecule has 146 valence electrons. The molecule has 0 radical (unpaired) electrons. The maximum atomic E-state index is 11.9. The normalized spacial score (nSPS) is 10.5. The van der Waals surface area contributed by atoms with Gasteiger partial charge in [0.2, 0.25) is 5.91 Å². The number of thiocarbonyl (C=S) groups is 1. The quantitative estimate of drug-likeness (QED) is 0.283. The molecule has 1 aromatic rings. The van der Waals surface area contributed by atoms with Crippen LogP contribution in [0.15, 0.2) is 24.3 Å². The number of halogens is 1. The molecule has 26 heavy (non-hydrogen) atoms. The van der Waals surface area contributed by atoms with Gasteiger partial charge in [-0.2, -0.15) is 0 Å². The first kappa shape index (κ1) is 22.9. The molecule has 2 N–H and O–H groups in total. The molecular formula is C21H33ClN2OS. The fourth-order valence-electron chi connectivity index (χ4n) is 2.86. The third kappa shape index (κ3) is 11.5. The van der Waals surface area contributed by atoms with Gasteiger partial charge in [-0.25, -0.2) is 0 Å². The lowest BCUT2D eigenvalue weighted by Crippen LogP contribution is -2.33. The molecule has 5 heteroatoms. The van der Waals surface area contributed by atoms with Crippen molar-refractivity contribution in [3.8, 4) is 0 Å². The lowest BCUT2D eigenvalue weighted by atomic mass is 10.1. The minimum atomic E-state index is -0.0366. The summed E-state index contributed by atoms with van der Waals surface area (Å²) >= 11 is 11.2. The summed E-state index contributed by atoms with van der Waals surface area (Å²) in [6.45, 7) is 2.25. The van der Waals surface area contributed by atoms with Gasteiger partial charge in [-0.3, -0.25) is 4.79 Å². The molecule has 0 unspecified atom stereocenters. The molecule has 0 spiro atoms. The summed E-state index contributed by atoms with van der Waals surface area (Å²) in [5, 5.41) is 6.54. The number of amides is 1. The van der Waals surface area contributed by atoms with Gasteiger partial charge in [-0.05, 0) is 30.8 Å². The van der Waals surface area contributed by atoms with E-state index in [2.05, 4.69) is 17.6 Å². The van der Waals surface area contributed by atoms with E-state index in [1.165, 1.54) is 57.8 Å². The number of hydrogen-bond donors (Lipinski definition) is 2. The molecule has 0 aliphatic rings. The van der Waals surface area contributed by atoms with Crippen LogP contribution in [0.3, 0.4) is 0 Å². The van der Waals surface area contributed by atoms with E-state index in [0.29, 0.717) is 22.2 Å². The Morgan fingerprint density at radius 2 is 1.46 bits per heavy atom. The molecule has 1 amide bonds. The van der Waals surface area contributed by atoms with Gasteiger partial charge in [-0.1, -0.05) is 94.9 Å². The third-order valence-corrected chi connectivity index (χ3v) is 4.92. The Labute approximate surface area is 169 Å². The lowest BCUT2D eigenvalue weighted by Gasteiger charge is -2.10. The van der Waals surface area contributed by atoms with Gasteiger partial charge in [0.25, 0.3) is 0 Å². The van der Waals surface area contributed by atoms with Crippen molar-refractivity contribution in [1.29, 1.82) is 0 Å². The van der Waals surface area contributed by atoms with Crippen molar-refractivity contribution in [2.75, 3.05) is 5.32 Å². The summed E-state index contributed by atoms with van der Waals surface area (Å²) in [5.41, 5.74) is 0.703. The smallest absolute Gasteiger partial charge is 0.226 e. The first-order valence-corrected chi connectivity index (χ1v) is 10.8. The standard InChI is InChI=1S/C21H33ClN2OS/c1-2-3-4-5-6-7-8-9-10-11-12-17-20(25)24-21(26)23-19-16-14-13-15-18(19)22/h13-16H,2-12,17H2,1H3,(H2,23,24,25,26). The molecule has 0 aliphatic carbocycles. The highest BCUT2D eigenvalue weighted by Gasteiger charge is 2.06. The van der Waals surface area contributed by atoms with Crippen molar-refractivity contribution in [1.82, 2.24) is 5.32 Å². The van der Waals surface area contributed by atoms with Crippen LogP contribution < -0.4 is 10.6 Å². The minimum absolute atomic E-state index is 0.0366. The highest BCUT2D eigenvalue weighted by molar-refractivity contribution is 7.80. The molecule has 0 saturated carbocycles. The Morgan fingerprint density at radius 3 is 2.04 bits per heavy atom. The third-order valence-electron chi connectivity index (χ3n) is 4.38. The number of anilines is 1. The van der Waals surface area contributed by atoms with Crippen LogP contribution in [0, 0.1) is 0 Å². The molecule has 0 aliphatic heterocycles. The summed E-state index contributed by atoms with van der Waals surface area (Å²) < 4.78 is 0. The largest absolute Gasteiger partial charge is 0.331 e. The lowest BCUT2D eigenvalue weighted by molar-refractivity contribution is -0.119. The van der Waals surface area contributed by atoms with Gasteiger partial charge in [0.05, 0.1) is 10.7 Å². The average molecular weight is 397 g/mol. The van der Waals surface area contributed by atoms with E-state index in [9.17, 15) is 4.79 Å². The molecule has 0 atom stereocenters. The molecule has 0 saturated heterocycles. The van der Waals surface area contributed by atoms with Crippen molar-refractivity contribution < 1.29 is 4.79 Å². The van der Waals surface area contributed by atoms with Gasteiger partial charge >= 0.3 is 0 Å². The Kier molecular flexibility index (Phi) is 13.2. The van der Waals surface area contributed by atoms with Gasteiger partial charge in [0.15, 0.2) is 5.11 Å².